The Labute approximate surface area is 414 Å². The number of aliphatic carboxylic acids is 1. The molecule has 5 saturated heterocycles. The van der Waals surface area contributed by atoms with Crippen molar-refractivity contribution in [3.05, 3.63) is 0 Å². The fourth-order valence-corrected chi connectivity index (χ4v) is 10.1. The Morgan fingerprint density at radius 2 is 1.09 bits per heavy atom. The zero-order valence-corrected chi connectivity index (χ0v) is 40.3. The molecule has 24 N–H and O–H groups in total. The first-order valence-corrected chi connectivity index (χ1v) is 26.2. The zero-order chi connectivity index (χ0) is 55.7. The molecule has 38 nitrogen and oxygen atoms in total. The molecule has 0 saturated carbocycles. The predicted octanol–water partition coefficient (Wildman–Crippen LogP) is -12.4. The lowest BCUT2D eigenvalue weighted by atomic mass is 9.91. The smallest absolute Gasteiger partial charge is 0.470 e. The maximum absolute atomic E-state index is 13.2. The van der Waals surface area contributed by atoms with Gasteiger partial charge in [-0.15, -0.1) is 0 Å². The molecule has 74 heavy (non-hydrogen) atoms. The number of hydrogen-bond donors (Lipinski definition) is 22. The van der Waals surface area contributed by atoms with Crippen LogP contribution in [-0.4, -0.2) is 299 Å². The van der Waals surface area contributed by atoms with E-state index in [2.05, 4.69) is 4.52 Å². The van der Waals surface area contributed by atoms with Gasteiger partial charge in [0.1, 0.15) is 116 Å². The van der Waals surface area contributed by atoms with Gasteiger partial charge in [-0.05, 0) is 0 Å². The summed E-state index contributed by atoms with van der Waals surface area (Å²) in [4.78, 5) is 72.4. The van der Waals surface area contributed by atoms with Gasteiger partial charge >= 0.3 is 29.4 Å². The number of carboxylic acid groups (broad SMARTS) is 1. The van der Waals surface area contributed by atoms with E-state index in [9.17, 15) is 119 Å². The molecule has 0 aromatic heterocycles. The van der Waals surface area contributed by atoms with Crippen LogP contribution in [0.1, 0.15) is 6.42 Å². The van der Waals surface area contributed by atoms with Crippen molar-refractivity contribution in [3.8, 4) is 0 Å². The number of aliphatic hydroxyl groups is 13. The summed E-state index contributed by atoms with van der Waals surface area (Å²) in [6.07, 6.45) is -52.9. The Hall–Kier alpha value is -1.16. The fourth-order valence-electron chi connectivity index (χ4n) is 8.38. The van der Waals surface area contributed by atoms with Crippen LogP contribution in [0.5, 0.6) is 0 Å². The van der Waals surface area contributed by atoms with E-state index >= 15 is 0 Å². The standard InChI is InChI=1S/C33H61N2O36P3/c34-13-17(43)16(42)11(62-28(13)48)5-60-29-14(35)18(44)24(70-73(54,55)56)12(64-29)6-61-33(32(49)50)1-9(69-72(51,52)53)25(23(68-33)8(40)3-37)66-31-21(47)26(71-74(57,58)59)27(22(65-31)7(39)2-36)67-30-20(46)19(45)15(41)10(4-38)63-30/h7-31,36-48H,1-6,34-35H2,(H,49,50)(H2,51,52,53)(H2,54,55,56)(H2,57,58,59)/t7-,8+,9+,10+,11+,12+,13+,14+,15-,16+,17+,18+,19-,20+,21-,22+,23+,24+,25+,26+,27+,28-,29+,30-,31+,33+/m0/s1. The summed E-state index contributed by atoms with van der Waals surface area (Å²) < 4.78 is 100. The van der Waals surface area contributed by atoms with Crippen molar-refractivity contribution in [3.63, 3.8) is 0 Å². The second kappa shape index (κ2) is 25.5. The van der Waals surface area contributed by atoms with E-state index in [-0.39, 0.29) is 0 Å². The van der Waals surface area contributed by atoms with Crippen molar-refractivity contribution in [1.82, 2.24) is 0 Å². The fraction of sp³-hybridized carbons (Fsp3) is 0.970. The first-order chi connectivity index (χ1) is 34.2. The second-order valence-corrected chi connectivity index (χ2v) is 20.9. The first kappa shape index (κ1) is 63.7. The number of phosphoric ester groups is 3. The highest BCUT2D eigenvalue weighted by Gasteiger charge is 2.61. The van der Waals surface area contributed by atoms with Crippen LogP contribution in [-0.2, 0) is 74.7 Å². The van der Waals surface area contributed by atoms with E-state index in [1.54, 1.807) is 0 Å². The van der Waals surface area contributed by atoms with Crippen molar-refractivity contribution in [2.45, 2.75) is 165 Å². The molecule has 0 bridgehead atoms. The highest BCUT2D eigenvalue weighted by atomic mass is 31.2. The molecule has 0 unspecified atom stereocenters. The topological polar surface area (TPSA) is 636 Å². The van der Waals surface area contributed by atoms with Gasteiger partial charge in [-0.3, -0.25) is 13.6 Å². The van der Waals surface area contributed by atoms with Crippen LogP contribution in [0.25, 0.3) is 0 Å². The van der Waals surface area contributed by atoms with Crippen LogP contribution in [0.15, 0.2) is 0 Å². The van der Waals surface area contributed by atoms with E-state index in [0.717, 1.165) is 0 Å². The maximum Gasteiger partial charge on any atom is 0.470 e. The third-order valence-corrected chi connectivity index (χ3v) is 13.7. The first-order valence-electron chi connectivity index (χ1n) is 21.6. The highest BCUT2D eigenvalue weighted by molar-refractivity contribution is 7.46. The van der Waals surface area contributed by atoms with Crippen LogP contribution in [0.4, 0.5) is 0 Å². The third kappa shape index (κ3) is 15.2. The molecule has 0 amide bonds. The molecule has 41 heteroatoms. The SMILES string of the molecule is N[C@@H]1[C@@H](O)[C@H](O)[C@@H](CO[C@@H]2O[C@H](CO[C@]3(C(=O)O)C[C@@H](OP(=O)(O)O)[C@@H](O[C@H]4O[C@H]([C@@H](O)CO)[C@@H](O[C@@H]5O[C@H](CO)[C@H](O)[C@H](O)[C@H]5O)[C@H](OP(=O)(O)O)[C@@H]4O)[C@@H]([C@H](O)CO)O3)[C@@H](OP(=O)(O)O)[C@H](O)[C@H]2N)O[C@@H]1O. The quantitative estimate of drug-likeness (QED) is 0.0448. The van der Waals surface area contributed by atoms with Crippen LogP contribution >= 0.6 is 23.5 Å². The molecule has 5 rings (SSSR count). The Balaban J connectivity index is 1.48. The lowest BCUT2D eigenvalue weighted by molar-refractivity contribution is -0.386. The summed E-state index contributed by atoms with van der Waals surface area (Å²) in [7, 11) is -17.5. The van der Waals surface area contributed by atoms with Gasteiger partial charge < -0.3 is 155 Å². The largest absolute Gasteiger partial charge is 0.477 e. The lowest BCUT2D eigenvalue weighted by Crippen LogP contribution is -2.69. The normalized spacial score (nSPS) is 44.7. The summed E-state index contributed by atoms with van der Waals surface area (Å²) in [5, 5.41) is 147. The lowest BCUT2D eigenvalue weighted by Gasteiger charge is -2.51. The minimum absolute atomic E-state index is 0.840. The van der Waals surface area contributed by atoms with Crippen molar-refractivity contribution < 1.29 is 176 Å². The molecule has 5 fully saturated rings. The molecular weight excluding hydrogens is 1090 g/mol. The number of phosphoric acid groups is 3. The average Bonchev–Trinajstić information content (AvgIpc) is 3.31. The summed E-state index contributed by atoms with van der Waals surface area (Å²) >= 11 is 0. The van der Waals surface area contributed by atoms with Crippen LogP contribution in [0, 0.1) is 0 Å². The molecule has 26 atom stereocenters. The van der Waals surface area contributed by atoms with Crippen molar-refractivity contribution in [2.75, 3.05) is 33.0 Å². The van der Waals surface area contributed by atoms with Gasteiger partial charge in [0.25, 0.3) is 5.79 Å². The van der Waals surface area contributed by atoms with Gasteiger partial charge in [-0.2, -0.15) is 0 Å². The molecule has 0 spiro atoms. The summed E-state index contributed by atoms with van der Waals surface area (Å²) in [6, 6.07) is -3.34. The summed E-state index contributed by atoms with van der Waals surface area (Å²) in [6.45, 7) is -6.12. The molecule has 0 aromatic carbocycles. The Bertz CT molecular complexity index is 1970. The number of carbonyl (C=O) groups is 1. The maximum atomic E-state index is 13.2. The molecule has 5 heterocycles. The minimum atomic E-state index is -5.96. The van der Waals surface area contributed by atoms with Crippen molar-refractivity contribution >= 4 is 29.4 Å². The van der Waals surface area contributed by atoms with Crippen molar-refractivity contribution in [1.29, 1.82) is 0 Å². The average molecular weight is 1150 g/mol. The molecule has 0 aliphatic carbocycles. The van der Waals surface area contributed by atoms with Gasteiger partial charge in [-0.25, -0.2) is 18.5 Å². The number of nitrogens with two attached hydrogens (primary N) is 2. The molecule has 434 valence electrons. The zero-order valence-electron chi connectivity index (χ0n) is 37.6. The minimum Gasteiger partial charge on any atom is -0.477 e. The number of ether oxygens (including phenoxy) is 9. The molecule has 5 aliphatic rings. The second-order valence-electron chi connectivity index (χ2n) is 17.3. The van der Waals surface area contributed by atoms with Crippen LogP contribution in [0.2, 0.25) is 0 Å². The number of rotatable bonds is 22. The van der Waals surface area contributed by atoms with E-state index < -0.39 is 228 Å². The Kier molecular flexibility index (Phi) is 22.0. The van der Waals surface area contributed by atoms with E-state index in [4.69, 9.17) is 63.1 Å². The number of aliphatic hydroxyl groups excluding tert-OH is 13. The summed E-state index contributed by atoms with van der Waals surface area (Å²) in [5.41, 5.74) is 11.6. The van der Waals surface area contributed by atoms with Gasteiger partial charge in [0, 0.05) is 6.42 Å². The Morgan fingerprint density at radius 1 is 0.568 bits per heavy atom. The van der Waals surface area contributed by atoms with Gasteiger partial charge in [0.15, 0.2) is 25.2 Å². The number of carboxylic acids is 1. The van der Waals surface area contributed by atoms with E-state index in [1.165, 1.54) is 0 Å². The number of hydrogen-bond acceptors (Lipinski definition) is 31. The Morgan fingerprint density at radius 3 is 1.65 bits per heavy atom. The van der Waals surface area contributed by atoms with Gasteiger partial charge in [0.05, 0.1) is 45.1 Å². The van der Waals surface area contributed by atoms with Crippen molar-refractivity contribution in [2.24, 2.45) is 11.5 Å². The predicted molar refractivity (Wildman–Crippen MR) is 220 cm³/mol. The molecule has 0 radical (unpaired) electrons. The van der Waals surface area contributed by atoms with Crippen LogP contribution in [0.3, 0.4) is 0 Å². The van der Waals surface area contributed by atoms with E-state index in [0.29, 0.717) is 0 Å². The third-order valence-electron chi connectivity index (χ3n) is 12.1. The van der Waals surface area contributed by atoms with Gasteiger partial charge in [-0.1, -0.05) is 0 Å². The summed E-state index contributed by atoms with van der Waals surface area (Å²) in [5.74, 6) is -5.76. The van der Waals surface area contributed by atoms with Crippen LogP contribution < -0.4 is 11.5 Å². The van der Waals surface area contributed by atoms with E-state index in [1.807, 2.05) is 0 Å². The van der Waals surface area contributed by atoms with Gasteiger partial charge in [0.2, 0.25) is 0 Å². The monoisotopic (exact) mass is 1150 g/mol. The molecule has 5 aliphatic heterocycles. The molecular formula is C33H61N2O36P3. The highest BCUT2D eigenvalue weighted by Crippen LogP contribution is 2.48. The molecule has 0 aromatic rings.